The number of pyridine rings is 1. The van der Waals surface area contributed by atoms with E-state index in [1.54, 1.807) is 19.1 Å². The second kappa shape index (κ2) is 7.31. The molecule has 1 N–H and O–H groups in total. The highest BCUT2D eigenvalue weighted by Gasteiger charge is 2.27. The molecule has 144 valence electrons. The van der Waals surface area contributed by atoms with Crippen molar-refractivity contribution in [1.82, 2.24) is 4.98 Å². The molecule has 1 aromatic carbocycles. The van der Waals surface area contributed by atoms with E-state index in [0.717, 1.165) is 36.1 Å². The molecule has 2 heterocycles. The van der Waals surface area contributed by atoms with Crippen LogP contribution in [0.4, 0.5) is 9.39 Å². The van der Waals surface area contributed by atoms with E-state index in [9.17, 15) is 14.0 Å². The number of carbonyl (C=O) groups is 2. The summed E-state index contributed by atoms with van der Waals surface area (Å²) >= 11 is 1.42. The van der Waals surface area contributed by atoms with Crippen LogP contribution in [0, 0.1) is 12.7 Å². The number of hydrogen-bond acceptors (Lipinski definition) is 5. The maximum absolute atomic E-state index is 13.8. The fourth-order valence-electron chi connectivity index (χ4n) is 3.66. The molecule has 0 aliphatic heterocycles. The Bertz CT molecular complexity index is 1110. The SMILES string of the molecule is COC(=O)c1c(NC(=O)c2cc(C)nc3ccc(F)cc23)sc2c1CCCC2. The van der Waals surface area contributed by atoms with E-state index < -0.39 is 17.7 Å². The van der Waals surface area contributed by atoms with E-state index in [4.69, 9.17) is 4.74 Å². The Hall–Kier alpha value is -2.80. The number of thiophene rings is 1. The number of nitrogens with one attached hydrogen (secondary N) is 1. The molecule has 0 saturated carbocycles. The molecule has 1 aliphatic carbocycles. The zero-order chi connectivity index (χ0) is 19.8. The van der Waals surface area contributed by atoms with Crippen LogP contribution in [0.25, 0.3) is 10.9 Å². The van der Waals surface area contributed by atoms with Gasteiger partial charge in [-0.1, -0.05) is 0 Å². The standard InChI is InChI=1S/C21H19FN2O3S/c1-11-9-15(14-10-12(22)7-8-16(14)23-11)19(25)24-20-18(21(26)27-2)13-5-3-4-6-17(13)28-20/h7-10H,3-6H2,1-2H3,(H,24,25). The Morgan fingerprint density at radius 2 is 2.00 bits per heavy atom. The Morgan fingerprint density at radius 1 is 1.21 bits per heavy atom. The lowest BCUT2D eigenvalue weighted by molar-refractivity contribution is 0.0601. The van der Waals surface area contributed by atoms with Crippen molar-refractivity contribution in [2.45, 2.75) is 32.6 Å². The molecule has 4 rings (SSSR count). The smallest absolute Gasteiger partial charge is 0.341 e. The second-order valence-corrected chi connectivity index (χ2v) is 7.94. The summed E-state index contributed by atoms with van der Waals surface area (Å²) in [4.78, 5) is 30.9. The van der Waals surface area contributed by atoms with E-state index in [2.05, 4.69) is 10.3 Å². The molecule has 0 atom stereocenters. The van der Waals surface area contributed by atoms with Gasteiger partial charge < -0.3 is 10.1 Å². The fraction of sp³-hybridized carbons (Fsp3) is 0.286. The fourth-order valence-corrected chi connectivity index (χ4v) is 4.93. The quantitative estimate of drug-likeness (QED) is 0.652. The molecule has 28 heavy (non-hydrogen) atoms. The highest BCUT2D eigenvalue weighted by Crippen LogP contribution is 2.39. The molecule has 0 fully saturated rings. The molecule has 0 unspecified atom stereocenters. The number of carbonyl (C=O) groups excluding carboxylic acids is 2. The van der Waals surface area contributed by atoms with Crippen molar-refractivity contribution in [3.8, 4) is 0 Å². The van der Waals surface area contributed by atoms with Crippen LogP contribution >= 0.6 is 11.3 Å². The Morgan fingerprint density at radius 3 is 2.79 bits per heavy atom. The van der Waals surface area contributed by atoms with E-state index in [0.29, 0.717) is 32.7 Å². The third kappa shape index (κ3) is 3.26. The summed E-state index contributed by atoms with van der Waals surface area (Å²) in [6.07, 6.45) is 3.76. The number of amides is 1. The monoisotopic (exact) mass is 398 g/mol. The molecule has 1 amide bonds. The zero-order valence-electron chi connectivity index (χ0n) is 15.6. The van der Waals surface area contributed by atoms with Gasteiger partial charge in [-0.05, 0) is 62.4 Å². The van der Waals surface area contributed by atoms with Gasteiger partial charge in [0.1, 0.15) is 10.8 Å². The van der Waals surface area contributed by atoms with Gasteiger partial charge in [-0.2, -0.15) is 0 Å². The third-order valence-corrected chi connectivity index (χ3v) is 6.14. The molecule has 3 aromatic rings. The number of ether oxygens (including phenoxy) is 1. The number of rotatable bonds is 3. The van der Waals surface area contributed by atoms with Gasteiger partial charge in [-0.3, -0.25) is 9.78 Å². The Balaban J connectivity index is 1.77. The predicted octanol–water partition coefficient (Wildman–Crippen LogP) is 4.66. The highest BCUT2D eigenvalue weighted by atomic mass is 32.1. The van der Waals surface area contributed by atoms with Crippen LogP contribution in [0.1, 0.15) is 49.7 Å². The number of benzene rings is 1. The number of aromatic nitrogens is 1. The number of methoxy groups -OCH3 is 1. The average molecular weight is 398 g/mol. The number of fused-ring (bicyclic) bond motifs is 2. The number of nitrogens with zero attached hydrogens (tertiary/aromatic N) is 1. The predicted molar refractivity (Wildman–Crippen MR) is 107 cm³/mol. The Labute approximate surface area is 165 Å². The molecule has 0 spiro atoms. The van der Waals surface area contributed by atoms with Gasteiger partial charge in [-0.15, -0.1) is 11.3 Å². The number of aryl methyl sites for hydroxylation is 2. The lowest BCUT2D eigenvalue weighted by Gasteiger charge is -2.12. The van der Waals surface area contributed by atoms with Crippen molar-refractivity contribution in [1.29, 1.82) is 0 Å². The first-order chi connectivity index (χ1) is 13.5. The Kier molecular flexibility index (Phi) is 4.85. The minimum atomic E-state index is -0.448. The minimum absolute atomic E-state index is 0.323. The summed E-state index contributed by atoms with van der Waals surface area (Å²) in [6, 6.07) is 5.80. The van der Waals surface area contributed by atoms with E-state index >= 15 is 0 Å². The number of hydrogen-bond donors (Lipinski definition) is 1. The maximum atomic E-state index is 13.8. The van der Waals surface area contributed by atoms with Crippen LogP contribution in [-0.2, 0) is 17.6 Å². The average Bonchev–Trinajstić information content (AvgIpc) is 3.04. The first-order valence-electron chi connectivity index (χ1n) is 9.09. The molecular formula is C21H19FN2O3S. The van der Waals surface area contributed by atoms with Crippen LogP contribution in [0.2, 0.25) is 0 Å². The van der Waals surface area contributed by atoms with Gasteiger partial charge in [0.25, 0.3) is 5.91 Å². The lowest BCUT2D eigenvalue weighted by atomic mass is 9.95. The number of halogens is 1. The van der Waals surface area contributed by atoms with Crippen molar-refractivity contribution >= 4 is 39.1 Å². The molecule has 0 radical (unpaired) electrons. The first-order valence-corrected chi connectivity index (χ1v) is 9.90. The van der Waals surface area contributed by atoms with Gasteiger partial charge >= 0.3 is 5.97 Å². The molecule has 1 aliphatic rings. The van der Waals surface area contributed by atoms with Crippen molar-refractivity contribution in [2.24, 2.45) is 0 Å². The maximum Gasteiger partial charge on any atom is 0.341 e. The lowest BCUT2D eigenvalue weighted by Crippen LogP contribution is -2.16. The summed E-state index contributed by atoms with van der Waals surface area (Å²) < 4.78 is 18.7. The van der Waals surface area contributed by atoms with Crippen LogP contribution in [-0.4, -0.2) is 24.0 Å². The number of anilines is 1. The van der Waals surface area contributed by atoms with Crippen molar-refractivity contribution in [3.05, 3.63) is 57.3 Å². The molecule has 5 nitrogen and oxygen atoms in total. The van der Waals surface area contributed by atoms with Crippen LogP contribution in [0.3, 0.4) is 0 Å². The molecular weight excluding hydrogens is 379 g/mol. The topological polar surface area (TPSA) is 68.3 Å². The minimum Gasteiger partial charge on any atom is -0.465 e. The van der Waals surface area contributed by atoms with Gasteiger partial charge in [0, 0.05) is 16.0 Å². The van der Waals surface area contributed by atoms with Gasteiger partial charge in [0.05, 0.1) is 23.8 Å². The summed E-state index contributed by atoms with van der Waals surface area (Å²) in [5, 5.41) is 3.79. The largest absolute Gasteiger partial charge is 0.465 e. The van der Waals surface area contributed by atoms with E-state index in [1.165, 1.54) is 30.6 Å². The summed E-state index contributed by atoms with van der Waals surface area (Å²) in [7, 11) is 1.34. The number of esters is 1. The van der Waals surface area contributed by atoms with Gasteiger partial charge in [0.2, 0.25) is 0 Å². The van der Waals surface area contributed by atoms with Crippen LogP contribution in [0.5, 0.6) is 0 Å². The normalized spacial score (nSPS) is 13.2. The first kappa shape index (κ1) is 18.6. The van der Waals surface area contributed by atoms with Crippen LogP contribution < -0.4 is 5.32 Å². The van der Waals surface area contributed by atoms with Gasteiger partial charge in [0.15, 0.2) is 0 Å². The summed E-state index contributed by atoms with van der Waals surface area (Å²) in [6.45, 7) is 1.78. The van der Waals surface area contributed by atoms with Crippen molar-refractivity contribution < 1.29 is 18.7 Å². The third-order valence-electron chi connectivity index (χ3n) is 4.93. The molecule has 2 aromatic heterocycles. The highest BCUT2D eigenvalue weighted by molar-refractivity contribution is 7.17. The zero-order valence-corrected chi connectivity index (χ0v) is 16.4. The van der Waals surface area contributed by atoms with E-state index in [-0.39, 0.29) is 0 Å². The summed E-state index contributed by atoms with van der Waals surface area (Å²) in [5.41, 5.74) is 2.94. The second-order valence-electron chi connectivity index (χ2n) is 6.83. The molecule has 0 bridgehead atoms. The summed E-state index contributed by atoms with van der Waals surface area (Å²) in [5.74, 6) is -1.28. The van der Waals surface area contributed by atoms with Crippen LogP contribution in [0.15, 0.2) is 24.3 Å². The van der Waals surface area contributed by atoms with Gasteiger partial charge in [-0.25, -0.2) is 9.18 Å². The van der Waals surface area contributed by atoms with Crippen molar-refractivity contribution in [2.75, 3.05) is 12.4 Å². The van der Waals surface area contributed by atoms with E-state index in [1.807, 2.05) is 0 Å². The van der Waals surface area contributed by atoms with Crippen molar-refractivity contribution in [3.63, 3.8) is 0 Å². The molecule has 7 heteroatoms. The molecule has 0 saturated heterocycles.